The predicted molar refractivity (Wildman–Crippen MR) is 91.6 cm³/mol. The zero-order chi connectivity index (χ0) is 16.4. The largest absolute Gasteiger partial charge is 0.354 e. The van der Waals surface area contributed by atoms with E-state index < -0.39 is 0 Å². The molecular formula is C16H17N5OS. The number of piperazine rings is 1. The summed E-state index contributed by atoms with van der Waals surface area (Å²) >= 11 is 5.42. The van der Waals surface area contributed by atoms with E-state index in [4.69, 9.17) is 12.2 Å². The first-order valence-electron chi connectivity index (χ1n) is 7.40. The Morgan fingerprint density at radius 3 is 2.43 bits per heavy atom. The van der Waals surface area contributed by atoms with Gasteiger partial charge >= 0.3 is 5.69 Å². The number of anilines is 1. The Kier molecular flexibility index (Phi) is 4.28. The Hall–Kier alpha value is -2.43. The standard InChI is InChI=1S/C16H17N5OS/c1-19-7-9-20(10-8-19)14-13(11-17)15(23)21(16(22)18-14)12-5-3-2-4-6-12/h2-6H,7-10H2,1H3,(H,18,22). The molecule has 0 atom stereocenters. The normalized spacial score (nSPS) is 15.4. The average Bonchev–Trinajstić information content (AvgIpc) is 2.56. The summed E-state index contributed by atoms with van der Waals surface area (Å²) in [5.74, 6) is 0.530. The molecule has 118 valence electrons. The minimum atomic E-state index is -0.325. The van der Waals surface area contributed by atoms with Gasteiger partial charge in [0.2, 0.25) is 0 Å². The number of likely N-dealkylation sites (N-methyl/N-ethyl adjacent to an activating group) is 1. The van der Waals surface area contributed by atoms with Crippen molar-refractivity contribution < 1.29 is 0 Å². The van der Waals surface area contributed by atoms with Gasteiger partial charge in [0, 0.05) is 26.2 Å². The highest BCUT2D eigenvalue weighted by Gasteiger charge is 2.21. The summed E-state index contributed by atoms with van der Waals surface area (Å²) in [6, 6.07) is 11.3. The molecule has 1 N–H and O–H groups in total. The van der Waals surface area contributed by atoms with E-state index >= 15 is 0 Å². The number of hydrogen-bond acceptors (Lipinski definition) is 5. The molecule has 1 aliphatic heterocycles. The summed E-state index contributed by atoms with van der Waals surface area (Å²) in [7, 11) is 2.05. The van der Waals surface area contributed by atoms with Gasteiger partial charge in [0.15, 0.2) is 0 Å². The number of aromatic nitrogens is 2. The van der Waals surface area contributed by atoms with Crippen LogP contribution >= 0.6 is 12.2 Å². The van der Waals surface area contributed by atoms with Crippen molar-refractivity contribution >= 4 is 18.0 Å². The van der Waals surface area contributed by atoms with Crippen molar-refractivity contribution in [2.75, 3.05) is 38.1 Å². The maximum absolute atomic E-state index is 12.5. The molecule has 1 fully saturated rings. The monoisotopic (exact) mass is 327 g/mol. The van der Waals surface area contributed by atoms with Crippen molar-refractivity contribution in [1.82, 2.24) is 14.5 Å². The van der Waals surface area contributed by atoms with Gasteiger partial charge in [-0.3, -0.25) is 9.55 Å². The third kappa shape index (κ3) is 2.91. The maximum Gasteiger partial charge on any atom is 0.332 e. The lowest BCUT2D eigenvalue weighted by atomic mass is 10.2. The van der Waals surface area contributed by atoms with E-state index in [1.165, 1.54) is 4.57 Å². The second kappa shape index (κ2) is 6.36. The molecule has 1 aromatic heterocycles. The molecule has 0 aliphatic carbocycles. The van der Waals surface area contributed by atoms with Crippen molar-refractivity contribution in [3.8, 4) is 11.8 Å². The summed E-state index contributed by atoms with van der Waals surface area (Å²) in [4.78, 5) is 19.6. The molecule has 23 heavy (non-hydrogen) atoms. The fourth-order valence-electron chi connectivity index (χ4n) is 2.70. The highest BCUT2D eigenvalue weighted by atomic mass is 32.1. The number of aromatic amines is 1. The minimum absolute atomic E-state index is 0.247. The van der Waals surface area contributed by atoms with Crippen LogP contribution in [-0.4, -0.2) is 47.7 Å². The molecule has 0 spiro atoms. The van der Waals surface area contributed by atoms with E-state index in [-0.39, 0.29) is 10.3 Å². The fraction of sp³-hybridized carbons (Fsp3) is 0.312. The number of hydrogen-bond donors (Lipinski definition) is 1. The van der Waals surface area contributed by atoms with Gasteiger partial charge in [-0.2, -0.15) is 5.26 Å². The lowest BCUT2D eigenvalue weighted by Gasteiger charge is -2.34. The molecule has 2 heterocycles. The minimum Gasteiger partial charge on any atom is -0.354 e. The van der Waals surface area contributed by atoms with E-state index in [9.17, 15) is 10.1 Å². The Labute approximate surface area is 139 Å². The Balaban J connectivity index is 2.13. The topological polar surface area (TPSA) is 68.1 Å². The van der Waals surface area contributed by atoms with Gasteiger partial charge in [-0.25, -0.2) is 4.79 Å². The van der Waals surface area contributed by atoms with Crippen LogP contribution in [0, 0.1) is 16.0 Å². The quantitative estimate of drug-likeness (QED) is 0.847. The van der Waals surface area contributed by atoms with Crippen molar-refractivity contribution in [3.63, 3.8) is 0 Å². The molecule has 1 aliphatic rings. The summed E-state index contributed by atoms with van der Waals surface area (Å²) in [6.45, 7) is 3.27. The first kappa shape index (κ1) is 15.5. The molecule has 0 saturated carbocycles. The Bertz CT molecular complexity index is 857. The number of nitrogens with one attached hydrogen (secondary N) is 1. The highest BCUT2D eigenvalue weighted by molar-refractivity contribution is 7.71. The zero-order valence-electron chi connectivity index (χ0n) is 12.8. The fourth-order valence-corrected chi connectivity index (χ4v) is 3.04. The highest BCUT2D eigenvalue weighted by Crippen LogP contribution is 2.19. The molecule has 0 bridgehead atoms. The SMILES string of the molecule is CN1CCN(c2[nH]c(=O)n(-c3ccccc3)c(=S)c2C#N)CC1. The first-order valence-corrected chi connectivity index (χ1v) is 7.81. The molecule has 1 saturated heterocycles. The summed E-state index contributed by atoms with van der Waals surface area (Å²) in [5.41, 5.74) is 0.669. The van der Waals surface area contributed by atoms with Crippen molar-refractivity contribution in [2.45, 2.75) is 0 Å². The molecule has 0 unspecified atom stereocenters. The van der Waals surface area contributed by atoms with Crippen molar-refractivity contribution in [2.24, 2.45) is 0 Å². The molecule has 7 heteroatoms. The van der Waals surface area contributed by atoms with E-state index in [0.29, 0.717) is 17.1 Å². The predicted octanol–water partition coefficient (Wildman–Crippen LogP) is 1.52. The second-order valence-electron chi connectivity index (χ2n) is 5.53. The molecule has 3 rings (SSSR count). The number of nitriles is 1. The van der Waals surface area contributed by atoms with Gasteiger partial charge in [0.25, 0.3) is 0 Å². The van der Waals surface area contributed by atoms with Crippen LogP contribution in [0.3, 0.4) is 0 Å². The van der Waals surface area contributed by atoms with Gasteiger partial charge in [-0.05, 0) is 19.2 Å². The molecule has 2 aromatic rings. The maximum atomic E-state index is 12.5. The second-order valence-corrected chi connectivity index (χ2v) is 5.92. The third-order valence-corrected chi connectivity index (χ3v) is 4.41. The van der Waals surface area contributed by atoms with Crippen LogP contribution in [0.4, 0.5) is 5.82 Å². The van der Waals surface area contributed by atoms with Crippen LogP contribution < -0.4 is 10.6 Å². The van der Waals surface area contributed by atoms with Crippen LogP contribution in [0.5, 0.6) is 0 Å². The van der Waals surface area contributed by atoms with E-state index in [0.717, 1.165) is 26.2 Å². The van der Waals surface area contributed by atoms with Crippen LogP contribution in [0.15, 0.2) is 35.1 Å². The summed E-state index contributed by atoms with van der Waals surface area (Å²) < 4.78 is 1.62. The molecule has 1 aromatic carbocycles. The van der Waals surface area contributed by atoms with Gasteiger partial charge in [-0.15, -0.1) is 0 Å². The zero-order valence-corrected chi connectivity index (χ0v) is 13.6. The average molecular weight is 327 g/mol. The van der Waals surface area contributed by atoms with Crippen LogP contribution in [0.25, 0.3) is 5.69 Å². The van der Waals surface area contributed by atoms with Crippen LogP contribution in [0.2, 0.25) is 0 Å². The molecule has 0 radical (unpaired) electrons. The van der Waals surface area contributed by atoms with Crippen LogP contribution in [0.1, 0.15) is 5.56 Å². The van der Waals surface area contributed by atoms with Gasteiger partial charge in [0.05, 0.1) is 5.69 Å². The Morgan fingerprint density at radius 2 is 1.83 bits per heavy atom. The van der Waals surface area contributed by atoms with Gasteiger partial charge < -0.3 is 9.80 Å². The van der Waals surface area contributed by atoms with Gasteiger partial charge in [0.1, 0.15) is 22.1 Å². The molecular weight excluding hydrogens is 310 g/mol. The van der Waals surface area contributed by atoms with Crippen LogP contribution in [-0.2, 0) is 0 Å². The van der Waals surface area contributed by atoms with Gasteiger partial charge in [-0.1, -0.05) is 30.4 Å². The van der Waals surface area contributed by atoms with E-state index in [1.54, 1.807) is 12.1 Å². The number of benzene rings is 1. The summed E-state index contributed by atoms with van der Waals surface area (Å²) in [6.07, 6.45) is 0. The Morgan fingerprint density at radius 1 is 1.17 bits per heavy atom. The van der Waals surface area contributed by atoms with Crippen molar-refractivity contribution in [3.05, 3.63) is 51.0 Å². The number of para-hydroxylation sites is 1. The molecule has 0 amide bonds. The van der Waals surface area contributed by atoms with E-state index in [2.05, 4.69) is 23.0 Å². The first-order chi connectivity index (χ1) is 11.1. The lowest BCUT2D eigenvalue weighted by Crippen LogP contribution is -2.46. The number of rotatable bonds is 2. The van der Waals surface area contributed by atoms with Crippen molar-refractivity contribution in [1.29, 1.82) is 5.26 Å². The third-order valence-electron chi connectivity index (χ3n) is 4.03. The number of H-pyrrole nitrogens is 1. The van der Waals surface area contributed by atoms with E-state index in [1.807, 2.05) is 23.1 Å². The smallest absolute Gasteiger partial charge is 0.332 e. The number of nitrogens with zero attached hydrogens (tertiary/aromatic N) is 4. The molecule has 6 nitrogen and oxygen atoms in total. The lowest BCUT2D eigenvalue weighted by molar-refractivity contribution is 0.312. The summed E-state index contributed by atoms with van der Waals surface area (Å²) in [5, 5.41) is 9.56.